The largest absolute Gasteiger partial charge is 0.378 e. The molecule has 2 heterocycles. The normalized spacial score (nSPS) is 37.8. The second-order valence-electron chi connectivity index (χ2n) is 9.28. The standard InChI is InChI=1S/C23H32O6S/c1-15(2)6-11-19-22(4,28-19)21-20(26-5)18(12-13-23(21)14-27-23)29-30(24,25)17-9-7-16(3)8-10-17/h6-10,18-21H,11-14H2,1-5H3/t18-,19-,20-,21-,22+,23+/m1/s1. The monoisotopic (exact) mass is 436 g/mol. The molecule has 1 aromatic carbocycles. The lowest BCUT2D eigenvalue weighted by molar-refractivity contribution is -0.105. The molecule has 3 fully saturated rings. The van der Waals surface area contributed by atoms with E-state index >= 15 is 0 Å². The van der Waals surface area contributed by atoms with Gasteiger partial charge in [-0.15, -0.1) is 0 Å². The van der Waals surface area contributed by atoms with E-state index in [4.69, 9.17) is 18.4 Å². The average Bonchev–Trinajstić information content (AvgIpc) is 3.59. The van der Waals surface area contributed by atoms with Crippen molar-refractivity contribution in [1.29, 1.82) is 0 Å². The first-order chi connectivity index (χ1) is 14.1. The molecule has 1 aromatic rings. The molecule has 6 nitrogen and oxygen atoms in total. The maximum Gasteiger partial charge on any atom is 0.297 e. The van der Waals surface area contributed by atoms with Crippen molar-refractivity contribution in [3.05, 3.63) is 41.5 Å². The minimum atomic E-state index is -3.89. The summed E-state index contributed by atoms with van der Waals surface area (Å²) in [6.45, 7) is 8.81. The van der Waals surface area contributed by atoms with Crippen molar-refractivity contribution < 1.29 is 26.8 Å². The predicted octanol–water partition coefficient (Wildman–Crippen LogP) is 3.78. The van der Waals surface area contributed by atoms with Gasteiger partial charge < -0.3 is 14.2 Å². The van der Waals surface area contributed by atoms with Gasteiger partial charge in [-0.1, -0.05) is 29.3 Å². The Morgan fingerprint density at radius 2 is 1.93 bits per heavy atom. The Morgan fingerprint density at radius 3 is 2.50 bits per heavy atom. The summed E-state index contributed by atoms with van der Waals surface area (Å²) in [6.07, 6.45) is 3.37. The number of hydrogen-bond donors (Lipinski definition) is 0. The second-order valence-corrected chi connectivity index (χ2v) is 10.9. The Morgan fingerprint density at radius 1 is 1.27 bits per heavy atom. The number of rotatable bonds is 7. The second kappa shape index (κ2) is 7.71. The Kier molecular flexibility index (Phi) is 5.64. The zero-order chi connectivity index (χ0) is 21.7. The van der Waals surface area contributed by atoms with Crippen LogP contribution in [0, 0.1) is 12.8 Å². The van der Waals surface area contributed by atoms with Crippen LogP contribution in [0.3, 0.4) is 0 Å². The van der Waals surface area contributed by atoms with Crippen LogP contribution in [0.1, 0.15) is 45.6 Å². The van der Waals surface area contributed by atoms with Gasteiger partial charge in [0.25, 0.3) is 10.1 Å². The van der Waals surface area contributed by atoms with Crippen LogP contribution in [0.2, 0.25) is 0 Å². The molecule has 0 N–H and O–H groups in total. The van der Waals surface area contributed by atoms with Gasteiger partial charge in [0.1, 0.15) is 11.7 Å². The van der Waals surface area contributed by atoms with Crippen molar-refractivity contribution in [3.8, 4) is 0 Å². The number of aryl methyl sites for hydroxylation is 1. The molecular formula is C23H32O6S. The Balaban J connectivity index is 1.56. The molecule has 2 saturated heterocycles. The smallest absolute Gasteiger partial charge is 0.297 e. The lowest BCUT2D eigenvalue weighted by atomic mass is 9.68. The molecule has 2 aliphatic heterocycles. The highest BCUT2D eigenvalue weighted by atomic mass is 32.2. The van der Waals surface area contributed by atoms with Gasteiger partial charge in [-0.25, -0.2) is 0 Å². The summed E-state index contributed by atoms with van der Waals surface area (Å²) < 4.78 is 49.5. The first kappa shape index (κ1) is 22.0. The van der Waals surface area contributed by atoms with E-state index in [2.05, 4.69) is 26.8 Å². The lowest BCUT2D eigenvalue weighted by Crippen LogP contribution is -2.55. The number of epoxide rings is 2. The maximum atomic E-state index is 12.9. The zero-order valence-electron chi connectivity index (χ0n) is 18.4. The van der Waals surface area contributed by atoms with E-state index < -0.39 is 27.9 Å². The number of hydrogen-bond acceptors (Lipinski definition) is 6. The van der Waals surface area contributed by atoms with Crippen LogP contribution < -0.4 is 0 Å². The van der Waals surface area contributed by atoms with Crippen molar-refractivity contribution in [1.82, 2.24) is 0 Å². The van der Waals surface area contributed by atoms with E-state index in [0.717, 1.165) is 18.4 Å². The molecule has 0 aromatic heterocycles. The van der Waals surface area contributed by atoms with Gasteiger partial charge in [0, 0.05) is 7.11 Å². The number of methoxy groups -OCH3 is 1. The fraction of sp³-hybridized carbons (Fsp3) is 0.652. The van der Waals surface area contributed by atoms with Gasteiger partial charge >= 0.3 is 0 Å². The van der Waals surface area contributed by atoms with Gasteiger partial charge in [0.15, 0.2) is 0 Å². The van der Waals surface area contributed by atoms with E-state index in [9.17, 15) is 8.42 Å². The fourth-order valence-electron chi connectivity index (χ4n) is 4.97. The predicted molar refractivity (Wildman–Crippen MR) is 113 cm³/mol. The van der Waals surface area contributed by atoms with Gasteiger partial charge in [-0.3, -0.25) is 4.18 Å². The van der Waals surface area contributed by atoms with E-state index in [-0.39, 0.29) is 22.5 Å². The first-order valence-electron chi connectivity index (χ1n) is 10.6. The summed E-state index contributed by atoms with van der Waals surface area (Å²) in [5.41, 5.74) is 1.53. The molecule has 0 amide bonds. The molecule has 30 heavy (non-hydrogen) atoms. The van der Waals surface area contributed by atoms with Crippen molar-refractivity contribution in [3.63, 3.8) is 0 Å². The van der Waals surface area contributed by atoms with Gasteiger partial charge in [-0.05, 0) is 59.1 Å². The van der Waals surface area contributed by atoms with Crippen molar-refractivity contribution in [2.24, 2.45) is 5.92 Å². The number of allylic oxidation sites excluding steroid dienone is 1. The van der Waals surface area contributed by atoms with Crippen molar-refractivity contribution >= 4 is 10.1 Å². The average molecular weight is 437 g/mol. The van der Waals surface area contributed by atoms with Crippen LogP contribution in [-0.4, -0.2) is 51.6 Å². The molecule has 0 unspecified atom stereocenters. The van der Waals surface area contributed by atoms with Gasteiger partial charge in [-0.2, -0.15) is 8.42 Å². The minimum Gasteiger partial charge on any atom is -0.378 e. The fourth-order valence-corrected chi connectivity index (χ4v) is 6.08. The summed E-state index contributed by atoms with van der Waals surface area (Å²) in [6, 6.07) is 6.71. The summed E-state index contributed by atoms with van der Waals surface area (Å²) in [7, 11) is -2.28. The summed E-state index contributed by atoms with van der Waals surface area (Å²) in [5, 5.41) is 0. The van der Waals surface area contributed by atoms with E-state index in [0.29, 0.717) is 13.0 Å². The Bertz CT molecular complexity index is 914. The molecular weight excluding hydrogens is 404 g/mol. The van der Waals surface area contributed by atoms with E-state index in [1.54, 1.807) is 31.4 Å². The van der Waals surface area contributed by atoms with E-state index in [1.807, 2.05) is 6.92 Å². The molecule has 1 spiro atoms. The molecule has 4 rings (SSSR count). The van der Waals surface area contributed by atoms with Crippen LogP contribution >= 0.6 is 0 Å². The summed E-state index contributed by atoms with van der Waals surface area (Å²) >= 11 is 0. The molecule has 0 bridgehead atoms. The number of benzene rings is 1. The van der Waals surface area contributed by atoms with Crippen LogP contribution in [0.5, 0.6) is 0 Å². The Hall–Kier alpha value is -1.25. The lowest BCUT2D eigenvalue weighted by Gasteiger charge is -2.42. The third-order valence-corrected chi connectivity index (χ3v) is 8.15. The van der Waals surface area contributed by atoms with Crippen LogP contribution in [-0.2, 0) is 28.5 Å². The van der Waals surface area contributed by atoms with Crippen LogP contribution in [0.15, 0.2) is 40.8 Å². The molecule has 3 aliphatic rings. The third-order valence-electron chi connectivity index (χ3n) is 6.80. The van der Waals surface area contributed by atoms with Crippen molar-refractivity contribution in [2.45, 2.75) is 81.4 Å². The summed E-state index contributed by atoms with van der Waals surface area (Å²) in [4.78, 5) is 0.165. The zero-order valence-corrected chi connectivity index (χ0v) is 19.2. The quantitative estimate of drug-likeness (QED) is 0.368. The van der Waals surface area contributed by atoms with Crippen LogP contribution in [0.4, 0.5) is 0 Å². The topological polar surface area (TPSA) is 77.7 Å². The van der Waals surface area contributed by atoms with Crippen molar-refractivity contribution in [2.75, 3.05) is 13.7 Å². The molecule has 6 atom stereocenters. The molecule has 166 valence electrons. The maximum absolute atomic E-state index is 12.9. The Labute approximate surface area is 179 Å². The summed E-state index contributed by atoms with van der Waals surface area (Å²) in [5.74, 6) is -0.0856. The molecule has 0 radical (unpaired) electrons. The molecule has 1 saturated carbocycles. The SMILES string of the molecule is CO[C@@H]1[C@H](OS(=O)(=O)c2ccc(C)cc2)CC[C@]2(CO2)[C@H]1[C@@]1(C)O[C@@H]1CC=C(C)C. The van der Waals surface area contributed by atoms with Gasteiger partial charge in [0.05, 0.1) is 35.2 Å². The highest BCUT2D eigenvalue weighted by Crippen LogP contribution is 2.59. The third kappa shape index (κ3) is 3.98. The van der Waals surface area contributed by atoms with Gasteiger partial charge in [0.2, 0.25) is 0 Å². The highest BCUT2D eigenvalue weighted by molar-refractivity contribution is 7.86. The van der Waals surface area contributed by atoms with E-state index in [1.165, 1.54) is 5.57 Å². The number of ether oxygens (including phenoxy) is 3. The first-order valence-corrected chi connectivity index (χ1v) is 12.0. The van der Waals surface area contributed by atoms with Crippen LogP contribution in [0.25, 0.3) is 0 Å². The molecule has 1 aliphatic carbocycles. The highest BCUT2D eigenvalue weighted by Gasteiger charge is 2.72. The minimum absolute atomic E-state index is 0.0728. The molecule has 7 heteroatoms.